The van der Waals surface area contributed by atoms with Gasteiger partial charge in [-0.1, -0.05) is 18.2 Å². The average Bonchev–Trinajstić information content (AvgIpc) is 2.24. The third kappa shape index (κ3) is 3.74. The Bertz CT molecular complexity index is 444. The topological polar surface area (TPSA) is 47.6 Å². The molecule has 3 nitrogen and oxygen atoms in total. The van der Waals surface area contributed by atoms with Crippen LogP contribution in [-0.4, -0.2) is 5.17 Å². The molecular formula is C11H10ClFN2O. The third-order valence-corrected chi connectivity index (χ3v) is 1.82. The summed E-state index contributed by atoms with van der Waals surface area (Å²) in [7, 11) is 0. The number of hydrogen-bond donors (Lipinski definition) is 1. The van der Waals surface area contributed by atoms with Crippen LogP contribution in [0.4, 0.5) is 10.1 Å². The molecule has 5 heteroatoms. The van der Waals surface area contributed by atoms with Crippen molar-refractivity contribution in [3.8, 4) is 5.75 Å². The molecule has 0 unspecified atom stereocenters. The van der Waals surface area contributed by atoms with E-state index in [1.807, 2.05) is 0 Å². The van der Waals surface area contributed by atoms with Gasteiger partial charge in [-0.15, -0.1) is 0 Å². The Kier molecular flexibility index (Phi) is 4.54. The zero-order valence-electron chi connectivity index (χ0n) is 8.36. The fourth-order valence-electron chi connectivity index (χ4n) is 0.880. The lowest BCUT2D eigenvalue weighted by Gasteiger charge is -2.01. The molecule has 0 fully saturated rings. The first-order chi connectivity index (χ1) is 7.63. The van der Waals surface area contributed by atoms with Crippen molar-refractivity contribution in [2.75, 3.05) is 5.73 Å². The van der Waals surface area contributed by atoms with Gasteiger partial charge in [-0.3, -0.25) is 0 Å². The van der Waals surface area contributed by atoms with Gasteiger partial charge in [-0.2, -0.15) is 0 Å². The summed E-state index contributed by atoms with van der Waals surface area (Å²) in [4.78, 5) is 3.67. The van der Waals surface area contributed by atoms with Gasteiger partial charge in [0.15, 0.2) is 0 Å². The lowest BCUT2D eigenvalue weighted by atomic mass is 10.3. The lowest BCUT2D eigenvalue weighted by molar-refractivity contribution is 0.476. The molecule has 0 aliphatic heterocycles. The lowest BCUT2D eigenvalue weighted by Crippen LogP contribution is -1.91. The predicted octanol–water partition coefficient (Wildman–Crippen LogP) is 3.08. The van der Waals surface area contributed by atoms with Crippen LogP contribution in [0.3, 0.4) is 0 Å². The second-order valence-corrected chi connectivity index (χ2v) is 3.13. The number of nitrogens with two attached hydrogens (primary N) is 1. The summed E-state index contributed by atoms with van der Waals surface area (Å²) in [6.45, 7) is 3.38. The summed E-state index contributed by atoms with van der Waals surface area (Å²) in [5, 5.41) is 0.214. The van der Waals surface area contributed by atoms with E-state index in [1.165, 1.54) is 30.7 Å². The number of benzene rings is 1. The van der Waals surface area contributed by atoms with Crippen LogP contribution < -0.4 is 10.5 Å². The number of ether oxygens (including phenoxy) is 1. The molecule has 0 saturated heterocycles. The minimum absolute atomic E-state index is 0.0718. The molecule has 16 heavy (non-hydrogen) atoms. The number of halogens is 2. The molecule has 0 atom stereocenters. The van der Waals surface area contributed by atoms with Crippen molar-refractivity contribution in [3.05, 3.63) is 49.1 Å². The fourth-order valence-corrected chi connectivity index (χ4v) is 1.00. The van der Waals surface area contributed by atoms with Crippen LogP contribution in [-0.2, 0) is 0 Å². The molecular weight excluding hydrogens is 231 g/mol. The number of nitrogens with zero attached hydrogens (tertiary/aromatic N) is 1. The molecule has 0 aliphatic rings. The third-order valence-electron chi connectivity index (χ3n) is 1.60. The maximum atomic E-state index is 13.0. The van der Waals surface area contributed by atoms with Crippen molar-refractivity contribution in [1.82, 2.24) is 0 Å². The normalized spacial score (nSPS) is 11.8. The van der Waals surface area contributed by atoms with E-state index in [0.717, 1.165) is 0 Å². The van der Waals surface area contributed by atoms with E-state index < -0.39 is 5.82 Å². The monoisotopic (exact) mass is 240 g/mol. The molecule has 0 amide bonds. The SMILES string of the molecule is C=CN=C(Cl)/C=C/Oc1ccc(N)c(F)c1. The zero-order chi connectivity index (χ0) is 12.0. The van der Waals surface area contributed by atoms with E-state index in [1.54, 1.807) is 6.07 Å². The smallest absolute Gasteiger partial charge is 0.149 e. The number of aliphatic imine (C=N–C) groups is 1. The maximum Gasteiger partial charge on any atom is 0.149 e. The molecule has 0 saturated carbocycles. The van der Waals surface area contributed by atoms with Crippen LogP contribution >= 0.6 is 11.6 Å². The van der Waals surface area contributed by atoms with E-state index in [4.69, 9.17) is 22.1 Å². The van der Waals surface area contributed by atoms with Crippen LogP contribution in [0.15, 0.2) is 48.3 Å². The molecule has 0 aromatic heterocycles. The summed E-state index contributed by atoms with van der Waals surface area (Å²) in [5.74, 6) is -0.206. The van der Waals surface area contributed by atoms with E-state index in [2.05, 4.69) is 11.6 Å². The van der Waals surface area contributed by atoms with Crippen LogP contribution in [0.1, 0.15) is 0 Å². The summed E-state index contributed by atoms with van der Waals surface area (Å²) >= 11 is 5.62. The molecule has 0 heterocycles. The van der Waals surface area contributed by atoms with Gasteiger partial charge < -0.3 is 10.5 Å². The predicted molar refractivity (Wildman–Crippen MR) is 64.1 cm³/mol. The van der Waals surface area contributed by atoms with Crippen LogP contribution in [0, 0.1) is 5.82 Å². The molecule has 0 bridgehead atoms. The maximum absolute atomic E-state index is 13.0. The summed E-state index contributed by atoms with van der Waals surface area (Å²) in [5.41, 5.74) is 5.38. The second kappa shape index (κ2) is 5.92. The number of anilines is 1. The average molecular weight is 241 g/mol. The Morgan fingerprint density at radius 1 is 1.56 bits per heavy atom. The molecule has 1 aromatic rings. The second-order valence-electron chi connectivity index (χ2n) is 2.74. The van der Waals surface area contributed by atoms with Gasteiger partial charge in [0.05, 0.1) is 11.9 Å². The van der Waals surface area contributed by atoms with Gasteiger partial charge in [0.25, 0.3) is 0 Å². The van der Waals surface area contributed by atoms with Gasteiger partial charge >= 0.3 is 0 Å². The highest BCUT2D eigenvalue weighted by molar-refractivity contribution is 6.68. The number of allylic oxidation sites excluding steroid dienone is 1. The molecule has 0 spiro atoms. The van der Waals surface area contributed by atoms with Gasteiger partial charge in [-0.05, 0) is 12.1 Å². The first kappa shape index (κ1) is 12.3. The highest BCUT2D eigenvalue weighted by Crippen LogP contribution is 2.17. The number of hydrogen-bond acceptors (Lipinski definition) is 3. The highest BCUT2D eigenvalue weighted by Gasteiger charge is 1.99. The minimum atomic E-state index is -0.531. The van der Waals surface area contributed by atoms with Crippen molar-refractivity contribution in [3.63, 3.8) is 0 Å². The molecule has 2 N–H and O–H groups in total. The first-order valence-corrected chi connectivity index (χ1v) is 4.73. The quantitative estimate of drug-likeness (QED) is 0.499. The van der Waals surface area contributed by atoms with Crippen molar-refractivity contribution in [1.29, 1.82) is 0 Å². The van der Waals surface area contributed by atoms with Crippen LogP contribution in [0.2, 0.25) is 0 Å². The fraction of sp³-hybridized carbons (Fsp3) is 0. The van der Waals surface area contributed by atoms with Crippen molar-refractivity contribution < 1.29 is 9.13 Å². The number of nitrogen functional groups attached to an aromatic ring is 1. The standard InChI is InChI=1S/C11H10ClFN2O/c1-2-15-11(12)5-6-16-8-3-4-10(14)9(13)7-8/h2-7H,1,14H2/b6-5+,15-11?. The van der Waals surface area contributed by atoms with Crippen molar-refractivity contribution >= 4 is 22.5 Å². The van der Waals surface area contributed by atoms with Crippen LogP contribution in [0.5, 0.6) is 5.75 Å². The van der Waals surface area contributed by atoms with Crippen molar-refractivity contribution in [2.24, 2.45) is 4.99 Å². The van der Waals surface area contributed by atoms with E-state index >= 15 is 0 Å². The Morgan fingerprint density at radius 2 is 2.31 bits per heavy atom. The Labute approximate surface area is 97.7 Å². The number of rotatable bonds is 4. The van der Waals surface area contributed by atoms with Gasteiger partial charge in [0.1, 0.15) is 16.7 Å². The van der Waals surface area contributed by atoms with Gasteiger partial charge in [0.2, 0.25) is 0 Å². The minimum Gasteiger partial charge on any atom is -0.465 e. The molecule has 84 valence electrons. The Balaban J connectivity index is 2.64. The largest absolute Gasteiger partial charge is 0.465 e. The van der Waals surface area contributed by atoms with Crippen LogP contribution in [0.25, 0.3) is 0 Å². The molecule has 0 aliphatic carbocycles. The van der Waals surface area contributed by atoms with Crippen molar-refractivity contribution in [2.45, 2.75) is 0 Å². The molecule has 1 rings (SSSR count). The van der Waals surface area contributed by atoms with Gasteiger partial charge in [0, 0.05) is 18.3 Å². The molecule has 0 radical (unpaired) electrons. The summed E-state index contributed by atoms with van der Waals surface area (Å²) < 4.78 is 18.1. The zero-order valence-corrected chi connectivity index (χ0v) is 9.12. The first-order valence-electron chi connectivity index (χ1n) is 4.36. The van der Waals surface area contributed by atoms with E-state index in [9.17, 15) is 4.39 Å². The summed E-state index contributed by atoms with van der Waals surface area (Å²) in [6, 6.07) is 4.14. The van der Waals surface area contributed by atoms with E-state index in [-0.39, 0.29) is 10.9 Å². The van der Waals surface area contributed by atoms with E-state index in [0.29, 0.717) is 5.75 Å². The summed E-state index contributed by atoms with van der Waals surface area (Å²) in [6.07, 6.45) is 4.01. The Hall–Kier alpha value is -1.81. The molecule has 1 aromatic carbocycles. The Morgan fingerprint density at radius 3 is 2.94 bits per heavy atom. The highest BCUT2D eigenvalue weighted by atomic mass is 35.5. The van der Waals surface area contributed by atoms with Gasteiger partial charge in [-0.25, -0.2) is 9.38 Å².